The van der Waals surface area contributed by atoms with Crippen LogP contribution in [-0.4, -0.2) is 65.1 Å². The highest BCUT2D eigenvalue weighted by Crippen LogP contribution is 2.38. The summed E-state index contributed by atoms with van der Waals surface area (Å²) in [5.41, 5.74) is 3.38. The van der Waals surface area contributed by atoms with E-state index in [4.69, 9.17) is 14.5 Å². The highest BCUT2D eigenvalue weighted by Gasteiger charge is 2.27. The predicted molar refractivity (Wildman–Crippen MR) is 119 cm³/mol. The summed E-state index contributed by atoms with van der Waals surface area (Å²) in [7, 11) is 4.06. The summed E-state index contributed by atoms with van der Waals surface area (Å²) >= 11 is 0. The van der Waals surface area contributed by atoms with Crippen molar-refractivity contribution in [3.8, 4) is 11.5 Å². The van der Waals surface area contributed by atoms with E-state index >= 15 is 0 Å². The van der Waals surface area contributed by atoms with Crippen LogP contribution in [-0.2, 0) is 7.05 Å². The van der Waals surface area contributed by atoms with E-state index in [2.05, 4.69) is 11.9 Å². The predicted octanol–water partition coefficient (Wildman–Crippen LogP) is 3.17. The Labute approximate surface area is 182 Å². The van der Waals surface area contributed by atoms with Crippen molar-refractivity contribution in [2.75, 3.05) is 39.8 Å². The van der Waals surface area contributed by atoms with Crippen molar-refractivity contribution in [3.63, 3.8) is 0 Å². The van der Waals surface area contributed by atoms with Gasteiger partial charge < -0.3 is 23.8 Å². The van der Waals surface area contributed by atoms with Gasteiger partial charge in [0.1, 0.15) is 28.9 Å². The molecule has 0 N–H and O–H groups in total. The van der Waals surface area contributed by atoms with Gasteiger partial charge in [0.2, 0.25) is 0 Å². The number of amides is 1. The summed E-state index contributed by atoms with van der Waals surface area (Å²) in [6.07, 6.45) is 0.616. The molecule has 7 heteroatoms. The Morgan fingerprint density at radius 2 is 1.90 bits per heavy atom. The lowest BCUT2D eigenvalue weighted by Gasteiger charge is -2.32. The third kappa shape index (κ3) is 3.63. The lowest BCUT2D eigenvalue weighted by molar-refractivity contribution is 0.0663. The molecule has 1 amide bonds. The minimum absolute atomic E-state index is 0.0473. The molecule has 7 nitrogen and oxygen atoms in total. The van der Waals surface area contributed by atoms with Crippen molar-refractivity contribution in [1.82, 2.24) is 19.4 Å². The fourth-order valence-corrected chi connectivity index (χ4v) is 4.36. The molecule has 31 heavy (non-hydrogen) atoms. The van der Waals surface area contributed by atoms with Gasteiger partial charge in [-0.2, -0.15) is 0 Å². The molecule has 0 bridgehead atoms. The monoisotopic (exact) mass is 420 g/mol. The van der Waals surface area contributed by atoms with Gasteiger partial charge in [-0.1, -0.05) is 18.2 Å². The summed E-state index contributed by atoms with van der Waals surface area (Å²) in [5.74, 6) is 2.44. The second-order valence-electron chi connectivity index (χ2n) is 8.44. The number of para-hydroxylation sites is 1. The Balaban J connectivity index is 1.53. The fraction of sp³-hybridized carbons (Fsp3) is 0.417. The van der Waals surface area contributed by atoms with Crippen molar-refractivity contribution in [3.05, 3.63) is 53.3 Å². The Kier molecular flexibility index (Phi) is 5.06. The van der Waals surface area contributed by atoms with Crippen molar-refractivity contribution in [1.29, 1.82) is 0 Å². The Hall–Kier alpha value is -3.06. The van der Waals surface area contributed by atoms with Crippen LogP contribution in [0.25, 0.3) is 11.0 Å². The number of carbonyl (C=O) groups is 1. The van der Waals surface area contributed by atoms with E-state index in [0.29, 0.717) is 17.9 Å². The summed E-state index contributed by atoms with van der Waals surface area (Å²) in [6.45, 7) is 5.83. The van der Waals surface area contributed by atoms with Crippen LogP contribution in [0.4, 0.5) is 0 Å². The number of ether oxygens (including phenoxy) is 2. The van der Waals surface area contributed by atoms with Gasteiger partial charge in [-0.15, -0.1) is 0 Å². The Bertz CT molecular complexity index is 1130. The van der Waals surface area contributed by atoms with E-state index in [1.807, 2.05) is 59.8 Å². The van der Waals surface area contributed by atoms with Crippen molar-refractivity contribution in [2.24, 2.45) is 7.05 Å². The number of hydrogen-bond acceptors (Lipinski definition) is 5. The van der Waals surface area contributed by atoms with Gasteiger partial charge in [0.15, 0.2) is 0 Å². The number of aryl methyl sites for hydroxylation is 2. The number of benzene rings is 2. The molecule has 1 aromatic heterocycles. The lowest BCUT2D eigenvalue weighted by atomic mass is 10.0. The molecule has 0 saturated carbocycles. The standard InChI is InChI=1S/C24H28N4O3/c1-16-25-23-19(27(16)3)14-17(24(29)28-11-9-26(2)10-12-28)15-22(23)31-21-8-13-30-20-7-5-4-6-18(20)21/h4-7,14-15,21H,8-13H2,1-3H3. The van der Waals surface area contributed by atoms with Crippen LogP contribution in [0.15, 0.2) is 36.4 Å². The smallest absolute Gasteiger partial charge is 0.254 e. The zero-order chi connectivity index (χ0) is 21.5. The van der Waals surface area contributed by atoms with Gasteiger partial charge in [-0.3, -0.25) is 4.79 Å². The zero-order valence-electron chi connectivity index (χ0n) is 18.3. The molecule has 2 aromatic carbocycles. The molecule has 3 aromatic rings. The topological polar surface area (TPSA) is 59.8 Å². The van der Waals surface area contributed by atoms with Gasteiger partial charge in [-0.25, -0.2) is 4.98 Å². The molecule has 0 spiro atoms. The average molecular weight is 421 g/mol. The number of nitrogens with zero attached hydrogens (tertiary/aromatic N) is 4. The van der Waals surface area contributed by atoms with E-state index in [9.17, 15) is 4.79 Å². The van der Waals surface area contributed by atoms with Gasteiger partial charge in [0.05, 0.1) is 12.1 Å². The van der Waals surface area contributed by atoms with Crippen molar-refractivity contribution < 1.29 is 14.3 Å². The third-order valence-electron chi connectivity index (χ3n) is 6.39. The highest BCUT2D eigenvalue weighted by atomic mass is 16.5. The van der Waals surface area contributed by atoms with E-state index in [0.717, 1.165) is 60.8 Å². The number of rotatable bonds is 3. The van der Waals surface area contributed by atoms with Crippen LogP contribution in [0.1, 0.15) is 34.3 Å². The molecule has 1 fully saturated rings. The largest absolute Gasteiger partial charge is 0.493 e. The SMILES string of the molecule is Cc1nc2c(OC3CCOc4ccccc43)cc(C(=O)N3CCN(C)CC3)cc2n1C. The number of piperazine rings is 1. The Morgan fingerprint density at radius 3 is 2.71 bits per heavy atom. The molecule has 1 unspecified atom stereocenters. The quantitative estimate of drug-likeness (QED) is 0.651. The number of carbonyl (C=O) groups excluding carboxylic acids is 1. The van der Waals surface area contributed by atoms with Crippen molar-refractivity contribution >= 4 is 16.9 Å². The number of fused-ring (bicyclic) bond motifs is 2. The van der Waals surface area contributed by atoms with Crippen molar-refractivity contribution in [2.45, 2.75) is 19.4 Å². The highest BCUT2D eigenvalue weighted by molar-refractivity contribution is 5.99. The molecule has 3 heterocycles. The maximum absolute atomic E-state index is 13.3. The number of likely N-dealkylation sites (N-methyl/N-ethyl adjacent to an activating group) is 1. The van der Waals surface area contributed by atoms with Crippen LogP contribution in [0, 0.1) is 6.92 Å². The first-order chi connectivity index (χ1) is 15.0. The third-order valence-corrected chi connectivity index (χ3v) is 6.39. The molecule has 5 rings (SSSR count). The van der Waals surface area contributed by atoms with E-state index in [1.54, 1.807) is 0 Å². The van der Waals surface area contributed by atoms with Gasteiger partial charge >= 0.3 is 0 Å². The average Bonchev–Trinajstić information content (AvgIpc) is 3.08. The summed E-state index contributed by atoms with van der Waals surface area (Å²) in [6, 6.07) is 11.8. The van der Waals surface area contributed by atoms with E-state index in [-0.39, 0.29) is 12.0 Å². The molecule has 2 aliphatic rings. The molecule has 2 aliphatic heterocycles. The number of aromatic nitrogens is 2. The first-order valence-corrected chi connectivity index (χ1v) is 10.8. The molecule has 162 valence electrons. The van der Waals surface area contributed by atoms with Crippen LogP contribution in [0.3, 0.4) is 0 Å². The summed E-state index contributed by atoms with van der Waals surface area (Å²) in [4.78, 5) is 22.2. The minimum atomic E-state index is -0.135. The molecular formula is C24H28N4O3. The zero-order valence-corrected chi connectivity index (χ0v) is 18.3. The second-order valence-corrected chi connectivity index (χ2v) is 8.44. The fourth-order valence-electron chi connectivity index (χ4n) is 4.36. The van der Waals surface area contributed by atoms with E-state index < -0.39 is 0 Å². The normalized spacial score (nSPS) is 19.2. The minimum Gasteiger partial charge on any atom is -0.493 e. The van der Waals surface area contributed by atoms with Crippen LogP contribution in [0.5, 0.6) is 11.5 Å². The second kappa shape index (κ2) is 7.89. The summed E-state index contributed by atoms with van der Waals surface area (Å²) < 4.78 is 14.3. The number of hydrogen-bond donors (Lipinski definition) is 0. The maximum atomic E-state index is 13.3. The van der Waals surface area contributed by atoms with Gasteiger partial charge in [0.25, 0.3) is 5.91 Å². The van der Waals surface area contributed by atoms with Crippen LogP contribution >= 0.6 is 0 Å². The molecule has 0 radical (unpaired) electrons. The molecule has 1 saturated heterocycles. The lowest BCUT2D eigenvalue weighted by Crippen LogP contribution is -2.47. The maximum Gasteiger partial charge on any atom is 0.254 e. The molecule has 1 atom stereocenters. The first-order valence-electron chi connectivity index (χ1n) is 10.8. The van der Waals surface area contributed by atoms with Crippen LogP contribution < -0.4 is 9.47 Å². The van der Waals surface area contributed by atoms with Gasteiger partial charge in [0, 0.05) is 50.8 Å². The molecular weight excluding hydrogens is 392 g/mol. The first kappa shape index (κ1) is 19.9. The molecule has 0 aliphatic carbocycles. The van der Waals surface area contributed by atoms with Crippen LogP contribution in [0.2, 0.25) is 0 Å². The Morgan fingerprint density at radius 1 is 1.13 bits per heavy atom. The van der Waals surface area contributed by atoms with Gasteiger partial charge in [-0.05, 0) is 32.2 Å². The number of imidazole rings is 1. The summed E-state index contributed by atoms with van der Waals surface area (Å²) in [5, 5.41) is 0. The van der Waals surface area contributed by atoms with E-state index in [1.165, 1.54) is 0 Å².